The Hall–Kier alpha value is -4.44. The van der Waals surface area contributed by atoms with E-state index in [-0.39, 0.29) is 22.6 Å². The minimum atomic E-state index is -0.856. The average molecular weight is 560 g/mol. The number of ether oxygens (including phenoxy) is 3. The monoisotopic (exact) mass is 559 g/mol. The SMILES string of the molecule is C=CCN1C(=O)/C(=c2/sc3n(c2=O)[C@H](c2ccc(OC)c(OCC)c2)C(C(=O)OCC)=C(C)N=3)c2ccccc21. The fourth-order valence-corrected chi connectivity index (χ4v) is 6.24. The number of benzene rings is 2. The second kappa shape index (κ2) is 11.0. The third-order valence-corrected chi connectivity index (χ3v) is 7.81. The van der Waals surface area contributed by atoms with Crippen LogP contribution in [0.2, 0.25) is 0 Å². The zero-order valence-corrected chi connectivity index (χ0v) is 23.5. The van der Waals surface area contributed by atoms with Gasteiger partial charge in [0, 0.05) is 12.1 Å². The number of hydrogen-bond acceptors (Lipinski definition) is 8. The van der Waals surface area contributed by atoms with Crippen molar-refractivity contribution < 1.29 is 23.8 Å². The number of nitrogens with zero attached hydrogens (tertiary/aromatic N) is 3. The van der Waals surface area contributed by atoms with E-state index >= 15 is 0 Å². The van der Waals surface area contributed by atoms with Crippen molar-refractivity contribution in [3.8, 4) is 11.5 Å². The molecular weight excluding hydrogens is 530 g/mol. The smallest absolute Gasteiger partial charge is 0.338 e. The molecule has 1 atom stereocenters. The first-order valence-electron chi connectivity index (χ1n) is 12.9. The van der Waals surface area contributed by atoms with Crippen molar-refractivity contribution >= 4 is 34.5 Å². The molecule has 0 spiro atoms. The van der Waals surface area contributed by atoms with Crippen LogP contribution in [0.3, 0.4) is 0 Å². The number of allylic oxidation sites excluding steroid dienone is 1. The lowest BCUT2D eigenvalue weighted by atomic mass is 9.95. The molecule has 0 saturated carbocycles. The van der Waals surface area contributed by atoms with Gasteiger partial charge in [-0.15, -0.1) is 6.58 Å². The highest BCUT2D eigenvalue weighted by Gasteiger charge is 2.37. The van der Waals surface area contributed by atoms with Crippen molar-refractivity contribution in [1.82, 2.24) is 4.57 Å². The van der Waals surface area contributed by atoms with E-state index in [2.05, 4.69) is 11.6 Å². The highest BCUT2D eigenvalue weighted by molar-refractivity contribution is 7.07. The van der Waals surface area contributed by atoms with Gasteiger partial charge in [0.05, 0.1) is 48.9 Å². The lowest BCUT2D eigenvalue weighted by Gasteiger charge is -2.25. The molecule has 3 heterocycles. The van der Waals surface area contributed by atoms with Gasteiger partial charge in [-0.3, -0.25) is 14.2 Å². The zero-order valence-electron chi connectivity index (χ0n) is 22.7. The molecule has 10 heteroatoms. The molecule has 0 bridgehead atoms. The van der Waals surface area contributed by atoms with Crippen molar-refractivity contribution in [3.63, 3.8) is 0 Å². The molecule has 2 aliphatic heterocycles. The Morgan fingerprint density at radius 1 is 1.12 bits per heavy atom. The van der Waals surface area contributed by atoms with E-state index in [1.807, 2.05) is 31.2 Å². The molecule has 5 rings (SSSR count). The summed E-state index contributed by atoms with van der Waals surface area (Å²) in [6, 6.07) is 11.8. The Labute approximate surface area is 234 Å². The number of para-hydroxylation sites is 1. The number of amides is 1. The Morgan fingerprint density at radius 3 is 2.60 bits per heavy atom. The standard InChI is InChI=1S/C30H29N3O6S/c1-6-15-32-20-12-10-9-11-19(20)24(27(32)34)26-28(35)33-25(18-13-14-21(37-5)22(16-18)38-7-2)23(29(36)39-8-3)17(4)31-30(33)40-26/h6,9-14,16,25H,1,7-8,15H2,2-5H3/b26-24+/t25-/m1/s1. The number of hydrogen-bond donors (Lipinski definition) is 0. The fraction of sp³-hybridized carbons (Fsp3) is 0.267. The summed E-state index contributed by atoms with van der Waals surface area (Å²) < 4.78 is 18.4. The van der Waals surface area contributed by atoms with Crippen molar-refractivity contribution in [2.24, 2.45) is 4.99 Å². The van der Waals surface area contributed by atoms with Crippen LogP contribution >= 0.6 is 11.3 Å². The molecule has 0 fully saturated rings. The summed E-state index contributed by atoms with van der Waals surface area (Å²) in [5.74, 6) is 0.145. The van der Waals surface area contributed by atoms with Crippen LogP contribution in [0.15, 0.2) is 76.2 Å². The van der Waals surface area contributed by atoms with Crippen molar-refractivity contribution in [1.29, 1.82) is 0 Å². The molecule has 0 N–H and O–H groups in total. The maximum absolute atomic E-state index is 14.2. The summed E-state index contributed by atoms with van der Waals surface area (Å²) in [5.41, 5.74) is 2.56. The largest absolute Gasteiger partial charge is 0.493 e. The number of rotatable bonds is 8. The van der Waals surface area contributed by atoms with E-state index in [1.54, 1.807) is 50.1 Å². The molecule has 9 nitrogen and oxygen atoms in total. The second-order valence-corrected chi connectivity index (χ2v) is 10.0. The van der Waals surface area contributed by atoms with Crippen LogP contribution in [0.1, 0.15) is 37.9 Å². The maximum Gasteiger partial charge on any atom is 0.338 e. The Bertz CT molecular complexity index is 1750. The van der Waals surface area contributed by atoms with Gasteiger partial charge in [-0.05, 0) is 44.5 Å². The molecule has 2 aromatic carbocycles. The van der Waals surface area contributed by atoms with Crippen LogP contribution in [0.4, 0.5) is 5.69 Å². The van der Waals surface area contributed by atoms with E-state index in [0.717, 1.165) is 11.3 Å². The molecule has 1 amide bonds. The van der Waals surface area contributed by atoms with Crippen LogP contribution in [-0.4, -0.2) is 43.3 Å². The zero-order chi connectivity index (χ0) is 28.6. The third kappa shape index (κ3) is 4.34. The summed E-state index contributed by atoms with van der Waals surface area (Å²) in [4.78, 5) is 47.7. The summed E-state index contributed by atoms with van der Waals surface area (Å²) in [5, 5.41) is 0. The molecule has 206 valence electrons. The number of fused-ring (bicyclic) bond motifs is 2. The van der Waals surface area contributed by atoms with E-state index < -0.39 is 17.6 Å². The maximum atomic E-state index is 14.2. The number of methoxy groups -OCH3 is 1. The van der Waals surface area contributed by atoms with Crippen LogP contribution in [0.25, 0.3) is 5.57 Å². The minimum Gasteiger partial charge on any atom is -0.493 e. The van der Waals surface area contributed by atoms with Gasteiger partial charge in [0.1, 0.15) is 4.53 Å². The molecule has 40 heavy (non-hydrogen) atoms. The fourth-order valence-electron chi connectivity index (χ4n) is 5.10. The van der Waals surface area contributed by atoms with E-state index in [0.29, 0.717) is 57.5 Å². The first-order valence-corrected chi connectivity index (χ1v) is 13.7. The minimum absolute atomic E-state index is 0.161. The molecule has 2 aliphatic rings. The van der Waals surface area contributed by atoms with Gasteiger partial charge in [-0.2, -0.15) is 0 Å². The molecule has 0 aliphatic carbocycles. The molecule has 0 unspecified atom stereocenters. The number of carbonyl (C=O) groups excluding carboxylic acids is 2. The Balaban J connectivity index is 1.81. The van der Waals surface area contributed by atoms with Gasteiger partial charge < -0.3 is 19.1 Å². The lowest BCUT2D eigenvalue weighted by Crippen LogP contribution is -2.41. The number of thiazole rings is 1. The molecule has 0 radical (unpaired) electrons. The number of anilines is 1. The third-order valence-electron chi connectivity index (χ3n) is 6.76. The van der Waals surface area contributed by atoms with E-state index in [4.69, 9.17) is 14.2 Å². The quantitative estimate of drug-likeness (QED) is 0.311. The normalized spacial score (nSPS) is 17.2. The van der Waals surface area contributed by atoms with Crippen LogP contribution in [0.5, 0.6) is 11.5 Å². The first kappa shape index (κ1) is 27.1. The van der Waals surface area contributed by atoms with Gasteiger partial charge in [-0.25, -0.2) is 9.79 Å². The lowest BCUT2D eigenvalue weighted by molar-refractivity contribution is -0.139. The molecule has 0 saturated heterocycles. The Kier molecular flexibility index (Phi) is 7.44. The van der Waals surface area contributed by atoms with Gasteiger partial charge in [0.25, 0.3) is 11.5 Å². The molecule has 1 aromatic heterocycles. The number of aromatic nitrogens is 1. The van der Waals surface area contributed by atoms with Gasteiger partial charge in [0.15, 0.2) is 16.3 Å². The van der Waals surface area contributed by atoms with Crippen molar-refractivity contribution in [2.75, 3.05) is 31.8 Å². The van der Waals surface area contributed by atoms with Crippen LogP contribution in [-0.2, 0) is 14.3 Å². The highest BCUT2D eigenvalue weighted by atomic mass is 32.1. The predicted octanol–water partition coefficient (Wildman–Crippen LogP) is 3.11. The van der Waals surface area contributed by atoms with Crippen molar-refractivity contribution in [3.05, 3.63) is 97.2 Å². The van der Waals surface area contributed by atoms with E-state index in [9.17, 15) is 14.4 Å². The van der Waals surface area contributed by atoms with Gasteiger partial charge in [0.2, 0.25) is 0 Å². The summed E-state index contributed by atoms with van der Waals surface area (Å²) in [6.45, 7) is 9.93. The summed E-state index contributed by atoms with van der Waals surface area (Å²) in [6.07, 6.45) is 1.65. The summed E-state index contributed by atoms with van der Waals surface area (Å²) >= 11 is 1.13. The second-order valence-electron chi connectivity index (χ2n) is 9.06. The van der Waals surface area contributed by atoms with Crippen LogP contribution < -0.4 is 29.3 Å². The first-order chi connectivity index (χ1) is 19.4. The Morgan fingerprint density at radius 2 is 1.90 bits per heavy atom. The van der Waals surface area contributed by atoms with Crippen LogP contribution in [0, 0.1) is 0 Å². The van der Waals surface area contributed by atoms with Gasteiger partial charge >= 0.3 is 5.97 Å². The van der Waals surface area contributed by atoms with Gasteiger partial charge in [-0.1, -0.05) is 41.7 Å². The number of esters is 1. The molecular formula is C30H29N3O6S. The molecule has 3 aromatic rings. The topological polar surface area (TPSA) is 99.4 Å². The highest BCUT2D eigenvalue weighted by Crippen LogP contribution is 2.37. The summed E-state index contributed by atoms with van der Waals surface area (Å²) in [7, 11) is 1.54. The van der Waals surface area contributed by atoms with E-state index in [1.165, 1.54) is 4.57 Å². The predicted molar refractivity (Wildman–Crippen MR) is 152 cm³/mol. The number of carbonyl (C=O) groups is 2. The average Bonchev–Trinajstić information content (AvgIpc) is 3.40. The van der Waals surface area contributed by atoms with Crippen molar-refractivity contribution in [2.45, 2.75) is 26.8 Å².